The molecule has 1 aromatic carbocycles. The molecule has 0 spiro atoms. The maximum atomic E-state index is 12.2. The number of amides is 1. The van der Waals surface area contributed by atoms with Gasteiger partial charge in [-0.3, -0.25) is 4.79 Å². The van der Waals surface area contributed by atoms with Crippen molar-refractivity contribution in [2.24, 2.45) is 0 Å². The Hall–Kier alpha value is -2.30. The van der Waals surface area contributed by atoms with Crippen LogP contribution in [-0.2, 0) is 9.59 Å². The largest absolute Gasteiger partial charge is 0.497 e. The molecule has 21 heavy (non-hydrogen) atoms. The summed E-state index contributed by atoms with van der Waals surface area (Å²) in [7, 11) is 1.58. The van der Waals surface area contributed by atoms with E-state index in [1.807, 2.05) is 24.3 Å². The molecule has 1 atom stereocenters. The van der Waals surface area contributed by atoms with Crippen molar-refractivity contribution in [1.29, 1.82) is 0 Å². The van der Waals surface area contributed by atoms with E-state index >= 15 is 0 Å². The van der Waals surface area contributed by atoms with Crippen LogP contribution in [0.3, 0.4) is 0 Å². The fourth-order valence-corrected chi connectivity index (χ4v) is 2.46. The third-order valence-electron chi connectivity index (χ3n) is 3.58. The number of piperidine rings is 1. The zero-order valence-electron chi connectivity index (χ0n) is 12.0. The molecule has 0 saturated carbocycles. The number of aliphatic carboxylic acids is 1. The first-order chi connectivity index (χ1) is 10.1. The van der Waals surface area contributed by atoms with E-state index in [0.717, 1.165) is 18.4 Å². The van der Waals surface area contributed by atoms with Gasteiger partial charge in [0.25, 0.3) is 0 Å². The summed E-state index contributed by atoms with van der Waals surface area (Å²) >= 11 is 0. The van der Waals surface area contributed by atoms with Gasteiger partial charge in [0, 0.05) is 12.6 Å². The number of benzene rings is 1. The quantitative estimate of drug-likeness (QED) is 0.863. The second-order valence-corrected chi connectivity index (χ2v) is 4.99. The number of likely N-dealkylation sites (tertiary alicyclic amines) is 1. The highest BCUT2D eigenvalue weighted by Crippen LogP contribution is 2.18. The van der Waals surface area contributed by atoms with Crippen LogP contribution in [0.25, 0.3) is 6.08 Å². The van der Waals surface area contributed by atoms with E-state index in [2.05, 4.69) is 0 Å². The molecule has 5 nitrogen and oxygen atoms in total. The number of methoxy groups -OCH3 is 1. The lowest BCUT2D eigenvalue weighted by Crippen LogP contribution is -2.47. The molecule has 5 heteroatoms. The van der Waals surface area contributed by atoms with Gasteiger partial charge >= 0.3 is 5.97 Å². The molecule has 1 N–H and O–H groups in total. The number of carbonyl (C=O) groups excluding carboxylic acids is 1. The van der Waals surface area contributed by atoms with E-state index in [9.17, 15) is 14.7 Å². The predicted molar refractivity (Wildman–Crippen MR) is 79.0 cm³/mol. The van der Waals surface area contributed by atoms with Crippen LogP contribution in [-0.4, -0.2) is 41.6 Å². The standard InChI is InChI=1S/C16H19NO4/c1-21-13-6-4-5-12(11-13)8-9-15(18)17-10-3-2-7-14(17)16(19)20/h4-6,8-9,11,14H,2-3,7,10H2,1H3,(H,19,20)/t14-/m0/s1. The number of carboxylic acids is 1. The van der Waals surface area contributed by atoms with E-state index in [1.165, 1.54) is 11.0 Å². The Morgan fingerprint density at radius 2 is 2.19 bits per heavy atom. The smallest absolute Gasteiger partial charge is 0.326 e. The fraction of sp³-hybridized carbons (Fsp3) is 0.375. The fourth-order valence-electron chi connectivity index (χ4n) is 2.46. The first-order valence-electron chi connectivity index (χ1n) is 6.97. The van der Waals surface area contributed by atoms with Gasteiger partial charge in [0.05, 0.1) is 7.11 Å². The van der Waals surface area contributed by atoms with Crippen molar-refractivity contribution in [2.45, 2.75) is 25.3 Å². The summed E-state index contributed by atoms with van der Waals surface area (Å²) in [6.45, 7) is 0.498. The summed E-state index contributed by atoms with van der Waals surface area (Å²) in [5.41, 5.74) is 0.839. The molecule has 1 fully saturated rings. The zero-order valence-corrected chi connectivity index (χ0v) is 12.0. The molecule has 1 saturated heterocycles. The van der Waals surface area contributed by atoms with Gasteiger partial charge in [0.2, 0.25) is 5.91 Å². The second kappa shape index (κ2) is 6.92. The summed E-state index contributed by atoms with van der Waals surface area (Å²) in [6, 6.07) is 6.63. The molecule has 1 aliphatic heterocycles. The molecule has 1 amide bonds. The number of nitrogens with zero attached hydrogens (tertiary/aromatic N) is 1. The number of rotatable bonds is 4. The summed E-state index contributed by atoms with van der Waals surface area (Å²) < 4.78 is 5.12. The van der Waals surface area contributed by atoms with E-state index in [1.54, 1.807) is 13.2 Å². The molecule has 1 aromatic rings. The van der Waals surface area contributed by atoms with Crippen LogP contribution < -0.4 is 4.74 Å². The highest BCUT2D eigenvalue weighted by atomic mass is 16.5. The van der Waals surface area contributed by atoms with Crippen LogP contribution in [0.15, 0.2) is 30.3 Å². The Bertz CT molecular complexity index is 553. The number of ether oxygens (including phenoxy) is 1. The average Bonchev–Trinajstić information content (AvgIpc) is 2.52. The molecule has 0 aromatic heterocycles. The normalized spacial score (nSPS) is 18.7. The number of carbonyl (C=O) groups is 2. The van der Waals surface area contributed by atoms with Gasteiger partial charge in [0.1, 0.15) is 11.8 Å². The molecule has 0 radical (unpaired) electrons. The first-order valence-corrected chi connectivity index (χ1v) is 6.97. The van der Waals surface area contributed by atoms with Gasteiger partial charge in [-0.1, -0.05) is 12.1 Å². The van der Waals surface area contributed by atoms with Gasteiger partial charge in [-0.25, -0.2) is 4.79 Å². The van der Waals surface area contributed by atoms with E-state index < -0.39 is 12.0 Å². The van der Waals surface area contributed by atoms with E-state index in [0.29, 0.717) is 18.7 Å². The molecular weight excluding hydrogens is 270 g/mol. The predicted octanol–water partition coefficient (Wildman–Crippen LogP) is 2.17. The summed E-state index contributed by atoms with van der Waals surface area (Å²) in [5.74, 6) is -0.478. The number of hydrogen-bond acceptors (Lipinski definition) is 3. The number of carboxylic acid groups (broad SMARTS) is 1. The maximum Gasteiger partial charge on any atom is 0.326 e. The van der Waals surface area contributed by atoms with Gasteiger partial charge in [0.15, 0.2) is 0 Å². The number of hydrogen-bond donors (Lipinski definition) is 1. The Balaban J connectivity index is 2.08. The minimum atomic E-state index is -0.933. The molecule has 1 aliphatic rings. The monoisotopic (exact) mass is 289 g/mol. The third kappa shape index (κ3) is 3.84. The van der Waals surface area contributed by atoms with Crippen molar-refractivity contribution in [3.05, 3.63) is 35.9 Å². The lowest BCUT2D eigenvalue weighted by atomic mass is 10.0. The Labute approximate surface area is 123 Å². The Kier molecular flexibility index (Phi) is 4.98. The van der Waals surface area contributed by atoms with Gasteiger partial charge < -0.3 is 14.7 Å². The van der Waals surface area contributed by atoms with Crippen molar-refractivity contribution in [3.63, 3.8) is 0 Å². The van der Waals surface area contributed by atoms with Crippen molar-refractivity contribution in [3.8, 4) is 5.75 Å². The highest BCUT2D eigenvalue weighted by molar-refractivity contribution is 5.94. The van der Waals surface area contributed by atoms with Crippen LogP contribution >= 0.6 is 0 Å². The lowest BCUT2D eigenvalue weighted by Gasteiger charge is -2.32. The molecule has 2 rings (SSSR count). The second-order valence-electron chi connectivity index (χ2n) is 4.99. The molecular formula is C16H19NO4. The highest BCUT2D eigenvalue weighted by Gasteiger charge is 2.30. The van der Waals surface area contributed by atoms with Gasteiger partial charge in [-0.15, -0.1) is 0 Å². The van der Waals surface area contributed by atoms with Crippen LogP contribution in [0.5, 0.6) is 5.75 Å². The van der Waals surface area contributed by atoms with Gasteiger partial charge in [-0.05, 0) is 43.0 Å². The van der Waals surface area contributed by atoms with Crippen molar-refractivity contribution < 1.29 is 19.4 Å². The molecule has 0 bridgehead atoms. The lowest BCUT2D eigenvalue weighted by molar-refractivity contribution is -0.150. The SMILES string of the molecule is COc1cccc(C=CC(=O)N2CCCC[C@H]2C(=O)O)c1. The molecule has 0 unspecified atom stereocenters. The van der Waals surface area contributed by atoms with E-state index in [-0.39, 0.29) is 5.91 Å². The van der Waals surface area contributed by atoms with Crippen molar-refractivity contribution in [1.82, 2.24) is 4.90 Å². The molecule has 0 aliphatic carbocycles. The van der Waals surface area contributed by atoms with Gasteiger partial charge in [-0.2, -0.15) is 0 Å². The van der Waals surface area contributed by atoms with Crippen molar-refractivity contribution >= 4 is 18.0 Å². The topological polar surface area (TPSA) is 66.8 Å². The molecule has 112 valence electrons. The van der Waals surface area contributed by atoms with Crippen LogP contribution in [0.4, 0.5) is 0 Å². The Morgan fingerprint density at radius 1 is 1.38 bits per heavy atom. The van der Waals surface area contributed by atoms with Crippen LogP contribution in [0.2, 0.25) is 0 Å². The zero-order chi connectivity index (χ0) is 15.2. The Morgan fingerprint density at radius 3 is 2.90 bits per heavy atom. The van der Waals surface area contributed by atoms with Crippen LogP contribution in [0, 0.1) is 0 Å². The molecule has 1 heterocycles. The maximum absolute atomic E-state index is 12.2. The summed E-state index contributed by atoms with van der Waals surface area (Å²) in [5, 5.41) is 9.18. The minimum Gasteiger partial charge on any atom is -0.497 e. The average molecular weight is 289 g/mol. The first kappa shape index (κ1) is 15.1. The van der Waals surface area contributed by atoms with Crippen molar-refractivity contribution in [2.75, 3.05) is 13.7 Å². The third-order valence-corrected chi connectivity index (χ3v) is 3.58. The van der Waals surface area contributed by atoms with Crippen LogP contribution in [0.1, 0.15) is 24.8 Å². The summed E-state index contributed by atoms with van der Waals surface area (Å²) in [6.07, 6.45) is 5.32. The summed E-state index contributed by atoms with van der Waals surface area (Å²) in [4.78, 5) is 24.8. The van der Waals surface area contributed by atoms with E-state index in [4.69, 9.17) is 4.74 Å². The minimum absolute atomic E-state index is 0.259.